The van der Waals surface area contributed by atoms with Gasteiger partial charge in [0, 0.05) is 5.92 Å². The Morgan fingerprint density at radius 1 is 1.77 bits per heavy atom. The van der Waals surface area contributed by atoms with E-state index in [9.17, 15) is 4.79 Å². The maximum Gasteiger partial charge on any atom is 0.357 e. The third-order valence-corrected chi connectivity index (χ3v) is 2.46. The first-order chi connectivity index (χ1) is 6.18. The molecule has 13 heavy (non-hydrogen) atoms. The van der Waals surface area contributed by atoms with Crippen molar-refractivity contribution in [2.45, 2.75) is 25.7 Å². The molecule has 1 fully saturated rings. The van der Waals surface area contributed by atoms with Crippen molar-refractivity contribution in [3.63, 3.8) is 0 Å². The summed E-state index contributed by atoms with van der Waals surface area (Å²) in [6, 6.07) is 0. The van der Waals surface area contributed by atoms with E-state index in [0.717, 1.165) is 0 Å². The largest absolute Gasteiger partial charge is 0.476 e. The molecule has 2 rings (SSSR count). The molecule has 1 aromatic rings. The summed E-state index contributed by atoms with van der Waals surface area (Å²) in [5, 5.41) is 8.61. The summed E-state index contributed by atoms with van der Waals surface area (Å²) in [6.45, 7) is 2.02. The van der Waals surface area contributed by atoms with E-state index < -0.39 is 5.97 Å². The summed E-state index contributed by atoms with van der Waals surface area (Å²) in [7, 11) is 0. The average molecular weight is 181 g/mol. The molecule has 0 amide bonds. The minimum absolute atomic E-state index is 0.00231. The highest BCUT2D eigenvalue weighted by Crippen LogP contribution is 2.41. The molecule has 1 atom stereocenters. The van der Waals surface area contributed by atoms with Gasteiger partial charge in [-0.2, -0.15) is 0 Å². The minimum Gasteiger partial charge on any atom is -0.476 e. The number of carbonyl (C=O) groups is 1. The summed E-state index contributed by atoms with van der Waals surface area (Å²) in [4.78, 5) is 14.4. The van der Waals surface area contributed by atoms with Crippen molar-refractivity contribution >= 4 is 5.97 Å². The van der Waals surface area contributed by atoms with Crippen LogP contribution >= 0.6 is 0 Å². The predicted molar refractivity (Wildman–Crippen MR) is 44.6 cm³/mol. The average Bonchev–Trinajstić information content (AvgIpc) is 2.81. The monoisotopic (exact) mass is 181 g/mol. The van der Waals surface area contributed by atoms with Crippen LogP contribution < -0.4 is 0 Å². The first-order valence-corrected chi connectivity index (χ1v) is 4.37. The molecule has 1 unspecified atom stereocenters. The Hall–Kier alpha value is -1.32. The number of hydrogen-bond donors (Lipinski definition) is 1. The summed E-state index contributed by atoms with van der Waals surface area (Å²) in [5.41, 5.74) is 0.00231. The van der Waals surface area contributed by atoms with E-state index in [1.54, 1.807) is 0 Å². The summed E-state index contributed by atoms with van der Waals surface area (Å²) < 4.78 is 5.10. The zero-order valence-corrected chi connectivity index (χ0v) is 7.36. The van der Waals surface area contributed by atoms with Crippen LogP contribution in [-0.4, -0.2) is 16.1 Å². The van der Waals surface area contributed by atoms with Gasteiger partial charge < -0.3 is 9.52 Å². The number of hydrogen-bond acceptors (Lipinski definition) is 3. The van der Waals surface area contributed by atoms with Gasteiger partial charge in [0.15, 0.2) is 11.6 Å². The number of carboxylic acids is 1. The SMILES string of the molecule is CC(c1nc(C(=O)O)co1)C1CC1. The van der Waals surface area contributed by atoms with Gasteiger partial charge in [-0.15, -0.1) is 0 Å². The Balaban J connectivity index is 2.16. The van der Waals surface area contributed by atoms with Gasteiger partial charge in [0.1, 0.15) is 6.26 Å². The molecule has 0 bridgehead atoms. The lowest BCUT2D eigenvalue weighted by Crippen LogP contribution is -1.99. The van der Waals surface area contributed by atoms with E-state index in [4.69, 9.17) is 9.52 Å². The van der Waals surface area contributed by atoms with Gasteiger partial charge in [-0.1, -0.05) is 6.92 Å². The van der Waals surface area contributed by atoms with Crippen LogP contribution in [0.25, 0.3) is 0 Å². The molecule has 4 nitrogen and oxygen atoms in total. The maximum absolute atomic E-state index is 10.5. The highest BCUT2D eigenvalue weighted by Gasteiger charge is 2.32. The van der Waals surface area contributed by atoms with Crippen LogP contribution in [0.5, 0.6) is 0 Å². The molecule has 0 aliphatic heterocycles. The van der Waals surface area contributed by atoms with E-state index in [0.29, 0.717) is 11.8 Å². The number of carboxylic acid groups (broad SMARTS) is 1. The van der Waals surface area contributed by atoms with Crippen LogP contribution in [0, 0.1) is 5.92 Å². The number of rotatable bonds is 3. The van der Waals surface area contributed by atoms with Crippen molar-refractivity contribution in [3.05, 3.63) is 17.8 Å². The van der Waals surface area contributed by atoms with Crippen LogP contribution in [0.2, 0.25) is 0 Å². The number of aromatic carboxylic acids is 1. The summed E-state index contributed by atoms with van der Waals surface area (Å²) in [5.74, 6) is 0.422. The van der Waals surface area contributed by atoms with Crippen molar-refractivity contribution < 1.29 is 14.3 Å². The second-order valence-corrected chi connectivity index (χ2v) is 3.50. The molecule has 0 saturated heterocycles. The highest BCUT2D eigenvalue weighted by atomic mass is 16.4. The van der Waals surface area contributed by atoms with Gasteiger partial charge in [0.05, 0.1) is 0 Å². The van der Waals surface area contributed by atoms with Crippen LogP contribution in [0.15, 0.2) is 10.7 Å². The molecule has 1 heterocycles. The van der Waals surface area contributed by atoms with Crippen LogP contribution in [0.1, 0.15) is 42.1 Å². The lowest BCUT2D eigenvalue weighted by atomic mass is 10.1. The van der Waals surface area contributed by atoms with Crippen LogP contribution in [0.3, 0.4) is 0 Å². The molecule has 1 aliphatic rings. The fourth-order valence-electron chi connectivity index (χ4n) is 1.39. The molecule has 70 valence electrons. The predicted octanol–water partition coefficient (Wildman–Crippen LogP) is 1.89. The Bertz CT molecular complexity index is 327. The quantitative estimate of drug-likeness (QED) is 0.773. The number of aromatic nitrogens is 1. The van der Waals surface area contributed by atoms with Gasteiger partial charge >= 0.3 is 5.97 Å². The Morgan fingerprint density at radius 2 is 2.46 bits per heavy atom. The van der Waals surface area contributed by atoms with Crippen molar-refractivity contribution in [2.75, 3.05) is 0 Å². The van der Waals surface area contributed by atoms with Gasteiger partial charge in [0.2, 0.25) is 0 Å². The number of nitrogens with zero attached hydrogens (tertiary/aromatic N) is 1. The Labute approximate surface area is 75.6 Å². The lowest BCUT2D eigenvalue weighted by molar-refractivity contribution is 0.0690. The highest BCUT2D eigenvalue weighted by molar-refractivity contribution is 5.84. The topological polar surface area (TPSA) is 63.3 Å². The minimum atomic E-state index is -1.03. The van der Waals surface area contributed by atoms with E-state index in [1.165, 1.54) is 19.1 Å². The zero-order chi connectivity index (χ0) is 9.42. The van der Waals surface area contributed by atoms with Crippen LogP contribution in [0.4, 0.5) is 0 Å². The molecular weight excluding hydrogens is 170 g/mol. The van der Waals surface area contributed by atoms with Crippen molar-refractivity contribution in [1.82, 2.24) is 4.98 Å². The second-order valence-electron chi connectivity index (χ2n) is 3.50. The zero-order valence-electron chi connectivity index (χ0n) is 7.36. The lowest BCUT2D eigenvalue weighted by Gasteiger charge is -2.02. The molecule has 1 N–H and O–H groups in total. The normalized spacial score (nSPS) is 18.5. The summed E-state index contributed by atoms with van der Waals surface area (Å²) >= 11 is 0. The van der Waals surface area contributed by atoms with E-state index in [-0.39, 0.29) is 11.6 Å². The molecule has 1 aromatic heterocycles. The van der Waals surface area contributed by atoms with Gasteiger partial charge in [-0.05, 0) is 18.8 Å². The first-order valence-electron chi connectivity index (χ1n) is 4.37. The fourth-order valence-corrected chi connectivity index (χ4v) is 1.39. The molecule has 1 aliphatic carbocycles. The van der Waals surface area contributed by atoms with Gasteiger partial charge in [-0.3, -0.25) is 0 Å². The van der Waals surface area contributed by atoms with Gasteiger partial charge in [-0.25, -0.2) is 9.78 Å². The van der Waals surface area contributed by atoms with Crippen molar-refractivity contribution in [1.29, 1.82) is 0 Å². The summed E-state index contributed by atoms with van der Waals surface area (Å²) in [6.07, 6.45) is 3.61. The van der Waals surface area contributed by atoms with E-state index in [2.05, 4.69) is 4.98 Å². The van der Waals surface area contributed by atoms with Crippen LogP contribution in [-0.2, 0) is 0 Å². The van der Waals surface area contributed by atoms with E-state index in [1.807, 2.05) is 6.92 Å². The third kappa shape index (κ3) is 1.56. The molecule has 0 spiro atoms. The third-order valence-electron chi connectivity index (χ3n) is 2.46. The molecule has 0 radical (unpaired) electrons. The van der Waals surface area contributed by atoms with Gasteiger partial charge in [0.25, 0.3) is 0 Å². The van der Waals surface area contributed by atoms with Crippen molar-refractivity contribution in [3.8, 4) is 0 Å². The smallest absolute Gasteiger partial charge is 0.357 e. The van der Waals surface area contributed by atoms with Crippen molar-refractivity contribution in [2.24, 2.45) is 5.92 Å². The number of oxazole rings is 1. The Kier molecular flexibility index (Phi) is 1.83. The molecule has 1 saturated carbocycles. The molecular formula is C9H11NO3. The second kappa shape index (κ2) is 2.87. The Morgan fingerprint density at radius 3 is 2.92 bits per heavy atom. The fraction of sp³-hybridized carbons (Fsp3) is 0.556. The standard InChI is InChI=1S/C9H11NO3/c1-5(6-2-3-6)8-10-7(4-13-8)9(11)12/h4-6H,2-3H2,1H3,(H,11,12). The van der Waals surface area contributed by atoms with E-state index >= 15 is 0 Å². The first kappa shape index (κ1) is 8.29. The molecule has 4 heteroatoms. The maximum atomic E-state index is 10.5. The molecule has 0 aromatic carbocycles.